The van der Waals surface area contributed by atoms with Gasteiger partial charge in [0, 0.05) is 30.1 Å². The van der Waals surface area contributed by atoms with Crippen molar-refractivity contribution >= 4 is 28.9 Å². The van der Waals surface area contributed by atoms with Gasteiger partial charge < -0.3 is 16.0 Å². The third-order valence-electron chi connectivity index (χ3n) is 3.44. The predicted octanol–water partition coefficient (Wildman–Crippen LogP) is 3.21. The zero-order valence-electron chi connectivity index (χ0n) is 14.3. The minimum atomic E-state index is -0.0240. The number of carbonyl (C=O) groups is 1. The molecule has 0 radical (unpaired) electrons. The van der Waals surface area contributed by atoms with Crippen LogP contribution < -0.4 is 16.0 Å². The molecule has 128 valence electrons. The summed E-state index contributed by atoms with van der Waals surface area (Å²) in [6.45, 7) is 5.19. The summed E-state index contributed by atoms with van der Waals surface area (Å²) in [7, 11) is 1.76. The summed E-state index contributed by atoms with van der Waals surface area (Å²) in [6, 6.07) is 12.0. The van der Waals surface area contributed by atoms with Crippen molar-refractivity contribution in [1.29, 1.82) is 0 Å². The van der Waals surface area contributed by atoms with Gasteiger partial charge in [0.2, 0.25) is 5.91 Å². The second-order valence-electron chi connectivity index (χ2n) is 5.70. The van der Waals surface area contributed by atoms with E-state index in [1.54, 1.807) is 18.4 Å². The molecule has 1 aromatic heterocycles. The van der Waals surface area contributed by atoms with Crippen molar-refractivity contribution in [2.75, 3.05) is 12.4 Å². The van der Waals surface area contributed by atoms with Crippen LogP contribution in [0.15, 0.2) is 46.8 Å². The Kier molecular flexibility index (Phi) is 6.81. The number of rotatable bonds is 6. The van der Waals surface area contributed by atoms with Crippen LogP contribution in [0.2, 0.25) is 0 Å². The molecule has 5 nitrogen and oxygen atoms in total. The summed E-state index contributed by atoms with van der Waals surface area (Å²) >= 11 is 1.72. The third-order valence-corrected chi connectivity index (χ3v) is 4.32. The first-order valence-corrected chi connectivity index (χ1v) is 8.83. The van der Waals surface area contributed by atoms with E-state index in [0.717, 1.165) is 23.8 Å². The molecule has 0 unspecified atom stereocenters. The zero-order chi connectivity index (χ0) is 17.4. The molecule has 0 bridgehead atoms. The fourth-order valence-corrected chi connectivity index (χ4v) is 2.63. The summed E-state index contributed by atoms with van der Waals surface area (Å²) in [5.41, 5.74) is 1.94. The number of benzene rings is 1. The fourth-order valence-electron chi connectivity index (χ4n) is 1.98. The minimum Gasteiger partial charge on any atom is -0.352 e. The highest BCUT2D eigenvalue weighted by molar-refractivity contribution is 7.09. The van der Waals surface area contributed by atoms with Gasteiger partial charge in [-0.15, -0.1) is 11.3 Å². The lowest BCUT2D eigenvalue weighted by molar-refractivity contribution is -0.118. The highest BCUT2D eigenvalue weighted by atomic mass is 32.1. The quantitative estimate of drug-likeness (QED) is 0.557. The van der Waals surface area contributed by atoms with Crippen LogP contribution in [0.3, 0.4) is 0 Å². The van der Waals surface area contributed by atoms with Gasteiger partial charge >= 0.3 is 0 Å². The van der Waals surface area contributed by atoms with E-state index in [4.69, 9.17) is 0 Å². The summed E-state index contributed by atoms with van der Waals surface area (Å²) in [6.07, 6.45) is 0. The predicted molar refractivity (Wildman–Crippen MR) is 101 cm³/mol. The molecule has 2 aromatic rings. The Hall–Kier alpha value is -2.34. The first kappa shape index (κ1) is 18.0. The normalized spacial score (nSPS) is 11.4. The summed E-state index contributed by atoms with van der Waals surface area (Å²) in [5.74, 6) is 0.767. The number of hydrogen-bond donors (Lipinski definition) is 3. The van der Waals surface area contributed by atoms with Crippen molar-refractivity contribution < 1.29 is 4.79 Å². The summed E-state index contributed by atoms with van der Waals surface area (Å²) in [5, 5.41) is 11.5. The molecule has 1 amide bonds. The van der Waals surface area contributed by atoms with Crippen LogP contribution in [-0.2, 0) is 17.9 Å². The SMILES string of the molecule is CN=C(NCc1ccc(NC(=O)C(C)C)cc1)NCc1cccs1. The maximum absolute atomic E-state index is 11.7. The van der Waals surface area contributed by atoms with E-state index in [-0.39, 0.29) is 11.8 Å². The molecule has 24 heavy (non-hydrogen) atoms. The highest BCUT2D eigenvalue weighted by Crippen LogP contribution is 2.11. The number of carbonyl (C=O) groups excluding carboxylic acids is 1. The fraction of sp³-hybridized carbons (Fsp3) is 0.333. The number of hydrogen-bond acceptors (Lipinski definition) is 3. The van der Waals surface area contributed by atoms with Crippen LogP contribution in [0.5, 0.6) is 0 Å². The lowest BCUT2D eigenvalue weighted by Gasteiger charge is -2.12. The van der Waals surface area contributed by atoms with Crippen LogP contribution in [0.4, 0.5) is 5.69 Å². The minimum absolute atomic E-state index is 0.0240. The van der Waals surface area contributed by atoms with Crippen molar-refractivity contribution in [2.45, 2.75) is 26.9 Å². The Labute approximate surface area is 147 Å². The van der Waals surface area contributed by atoms with Gasteiger partial charge in [-0.2, -0.15) is 0 Å². The number of amides is 1. The molecule has 0 saturated carbocycles. The molecular formula is C18H24N4OS. The van der Waals surface area contributed by atoms with Gasteiger partial charge in [0.05, 0.1) is 6.54 Å². The molecule has 0 aliphatic rings. The number of aliphatic imine (C=N–C) groups is 1. The lowest BCUT2D eigenvalue weighted by atomic mass is 10.1. The Balaban J connectivity index is 1.81. The molecular weight excluding hydrogens is 320 g/mol. The van der Waals surface area contributed by atoms with Gasteiger partial charge in [0.15, 0.2) is 5.96 Å². The number of thiophene rings is 1. The Bertz CT molecular complexity index is 663. The van der Waals surface area contributed by atoms with Gasteiger partial charge in [0.1, 0.15) is 0 Å². The number of nitrogens with zero attached hydrogens (tertiary/aromatic N) is 1. The number of guanidine groups is 1. The maximum Gasteiger partial charge on any atom is 0.226 e. The largest absolute Gasteiger partial charge is 0.352 e. The van der Waals surface area contributed by atoms with Crippen molar-refractivity contribution in [1.82, 2.24) is 10.6 Å². The molecule has 1 aromatic carbocycles. The van der Waals surface area contributed by atoms with Crippen LogP contribution in [0, 0.1) is 5.92 Å². The van der Waals surface area contributed by atoms with Gasteiger partial charge in [-0.25, -0.2) is 0 Å². The van der Waals surface area contributed by atoms with E-state index in [1.807, 2.05) is 44.2 Å². The van der Waals surface area contributed by atoms with E-state index < -0.39 is 0 Å². The molecule has 1 heterocycles. The van der Waals surface area contributed by atoms with Crippen LogP contribution >= 0.6 is 11.3 Å². The molecule has 0 aliphatic heterocycles. The molecule has 2 rings (SSSR count). The first-order valence-electron chi connectivity index (χ1n) is 7.95. The second-order valence-corrected chi connectivity index (χ2v) is 6.73. The molecule has 0 saturated heterocycles. The third kappa shape index (κ3) is 5.70. The van der Waals surface area contributed by atoms with Crippen molar-refractivity contribution in [3.05, 3.63) is 52.2 Å². The average molecular weight is 344 g/mol. The molecule has 0 spiro atoms. The van der Waals surface area contributed by atoms with Gasteiger partial charge in [0.25, 0.3) is 0 Å². The van der Waals surface area contributed by atoms with Crippen LogP contribution in [-0.4, -0.2) is 18.9 Å². The molecule has 3 N–H and O–H groups in total. The standard InChI is InChI=1S/C18H24N4OS/c1-13(2)17(23)22-15-8-6-14(7-9-15)11-20-18(19-3)21-12-16-5-4-10-24-16/h4-10,13H,11-12H2,1-3H3,(H,22,23)(H2,19,20,21). The van der Waals surface area contributed by atoms with Gasteiger partial charge in [-0.3, -0.25) is 9.79 Å². The molecule has 0 atom stereocenters. The lowest BCUT2D eigenvalue weighted by Crippen LogP contribution is -2.36. The van der Waals surface area contributed by atoms with E-state index in [1.165, 1.54) is 4.88 Å². The number of anilines is 1. The maximum atomic E-state index is 11.7. The van der Waals surface area contributed by atoms with Crippen molar-refractivity contribution in [3.63, 3.8) is 0 Å². The molecule has 0 aliphatic carbocycles. The molecule has 0 fully saturated rings. The summed E-state index contributed by atoms with van der Waals surface area (Å²) < 4.78 is 0. The van der Waals surface area contributed by atoms with Crippen molar-refractivity contribution in [3.8, 4) is 0 Å². The van der Waals surface area contributed by atoms with Crippen LogP contribution in [0.1, 0.15) is 24.3 Å². The number of nitrogens with one attached hydrogen (secondary N) is 3. The smallest absolute Gasteiger partial charge is 0.226 e. The van der Waals surface area contributed by atoms with E-state index in [0.29, 0.717) is 6.54 Å². The Morgan fingerprint density at radius 1 is 1.12 bits per heavy atom. The van der Waals surface area contributed by atoms with E-state index in [2.05, 4.69) is 32.4 Å². The summed E-state index contributed by atoms with van der Waals surface area (Å²) in [4.78, 5) is 17.2. The first-order chi connectivity index (χ1) is 11.6. The monoisotopic (exact) mass is 344 g/mol. The Morgan fingerprint density at radius 2 is 1.83 bits per heavy atom. The topological polar surface area (TPSA) is 65.5 Å². The Morgan fingerprint density at radius 3 is 2.42 bits per heavy atom. The van der Waals surface area contributed by atoms with E-state index in [9.17, 15) is 4.79 Å². The van der Waals surface area contributed by atoms with Gasteiger partial charge in [-0.1, -0.05) is 32.0 Å². The zero-order valence-corrected chi connectivity index (χ0v) is 15.1. The average Bonchev–Trinajstić information content (AvgIpc) is 3.09. The van der Waals surface area contributed by atoms with Crippen LogP contribution in [0.25, 0.3) is 0 Å². The van der Waals surface area contributed by atoms with Crippen molar-refractivity contribution in [2.24, 2.45) is 10.9 Å². The van der Waals surface area contributed by atoms with Gasteiger partial charge in [-0.05, 0) is 29.1 Å². The second kappa shape index (κ2) is 9.08. The highest BCUT2D eigenvalue weighted by Gasteiger charge is 2.06. The van der Waals surface area contributed by atoms with E-state index >= 15 is 0 Å². The molecule has 6 heteroatoms.